The van der Waals surface area contributed by atoms with Gasteiger partial charge in [0.15, 0.2) is 6.04 Å². The van der Waals surface area contributed by atoms with E-state index in [1.807, 2.05) is 13.0 Å². The minimum Gasteiger partial charge on any atom is -0.497 e. The molecule has 158 valence electrons. The van der Waals surface area contributed by atoms with E-state index in [1.54, 1.807) is 20.1 Å². The Labute approximate surface area is 169 Å². The van der Waals surface area contributed by atoms with Gasteiger partial charge in [-0.1, -0.05) is 6.92 Å². The normalized spacial score (nSPS) is 12.4. The van der Waals surface area contributed by atoms with E-state index in [0.29, 0.717) is 17.0 Å². The summed E-state index contributed by atoms with van der Waals surface area (Å²) in [5, 5.41) is 3.05. The number of carbonyl (C=O) groups is 2. The monoisotopic (exact) mass is 393 g/mol. The number of rotatable bonds is 11. The summed E-state index contributed by atoms with van der Waals surface area (Å²) in [4.78, 5) is 25.9. The van der Waals surface area contributed by atoms with E-state index in [-0.39, 0.29) is 18.6 Å². The van der Waals surface area contributed by atoms with E-state index in [1.165, 1.54) is 0 Å². The van der Waals surface area contributed by atoms with E-state index in [0.717, 1.165) is 42.5 Å². The van der Waals surface area contributed by atoms with Crippen molar-refractivity contribution in [2.75, 3.05) is 38.7 Å². The van der Waals surface area contributed by atoms with Crippen LogP contribution in [0.5, 0.6) is 5.75 Å². The molecule has 0 spiro atoms. The highest BCUT2D eigenvalue weighted by Gasteiger charge is 2.38. The molecule has 1 atom stereocenters. The summed E-state index contributed by atoms with van der Waals surface area (Å²) in [6.07, 6.45) is 1.72. The van der Waals surface area contributed by atoms with Crippen LogP contribution >= 0.6 is 0 Å². The molecule has 6 heteroatoms. The highest BCUT2D eigenvalue weighted by Crippen LogP contribution is 2.29. The van der Waals surface area contributed by atoms with Gasteiger partial charge >= 0.3 is 5.97 Å². The van der Waals surface area contributed by atoms with Crippen LogP contribution < -0.4 is 10.1 Å². The Bertz CT molecular complexity index is 660. The Hall–Kier alpha value is -2.08. The highest BCUT2D eigenvalue weighted by molar-refractivity contribution is 6.03. The smallest absolute Gasteiger partial charge is 0.340 e. The van der Waals surface area contributed by atoms with Crippen molar-refractivity contribution < 1.29 is 23.5 Å². The minimum absolute atomic E-state index is 0.0498. The number of carbonyl (C=O) groups excluding carboxylic acids is 2. The first-order chi connectivity index (χ1) is 13.3. The molecule has 1 aromatic rings. The fourth-order valence-corrected chi connectivity index (χ4v) is 3.87. The topological polar surface area (TPSA) is 64.6 Å². The predicted octanol–water partition coefficient (Wildman–Crippen LogP) is 4.16. The molecule has 0 bridgehead atoms. The average Bonchev–Trinajstić information content (AvgIpc) is 2.70. The fraction of sp³-hybridized carbons (Fsp3) is 0.636. The number of hydrogen-bond donors (Lipinski definition) is 1. The average molecular weight is 394 g/mol. The van der Waals surface area contributed by atoms with Crippen LogP contribution in [0.1, 0.15) is 63.4 Å². The van der Waals surface area contributed by atoms with Crippen molar-refractivity contribution in [2.24, 2.45) is 0 Å². The lowest BCUT2D eigenvalue weighted by atomic mass is 10.0. The molecule has 0 aromatic heterocycles. The van der Waals surface area contributed by atoms with Crippen LogP contribution in [0.4, 0.5) is 5.69 Å². The molecule has 0 aliphatic rings. The minimum atomic E-state index is -0.464. The lowest BCUT2D eigenvalue weighted by Gasteiger charge is -2.42. The van der Waals surface area contributed by atoms with Crippen molar-refractivity contribution in [1.82, 2.24) is 0 Å². The Morgan fingerprint density at radius 2 is 1.68 bits per heavy atom. The summed E-state index contributed by atoms with van der Waals surface area (Å²) in [7, 11) is 1.55. The largest absolute Gasteiger partial charge is 0.497 e. The molecule has 0 aliphatic carbocycles. The molecule has 0 saturated heterocycles. The summed E-state index contributed by atoms with van der Waals surface area (Å²) in [6.45, 7) is 15.0. The summed E-state index contributed by atoms with van der Waals surface area (Å²) in [5.74, 6) is 0.0461. The number of anilines is 1. The van der Waals surface area contributed by atoms with E-state index < -0.39 is 5.97 Å². The maximum atomic E-state index is 13.4. The maximum Gasteiger partial charge on any atom is 0.340 e. The molecule has 1 amide bonds. The van der Waals surface area contributed by atoms with Crippen LogP contribution in [0.15, 0.2) is 12.1 Å². The Morgan fingerprint density at radius 1 is 1.07 bits per heavy atom. The first kappa shape index (κ1) is 24.0. The zero-order valence-corrected chi connectivity index (χ0v) is 18.6. The number of quaternary nitrogens is 1. The van der Waals surface area contributed by atoms with Crippen LogP contribution in [0.3, 0.4) is 0 Å². The number of ether oxygens (including phenoxy) is 2. The number of hydrogen-bond acceptors (Lipinski definition) is 4. The zero-order chi connectivity index (χ0) is 21.3. The van der Waals surface area contributed by atoms with Crippen LogP contribution in [0.2, 0.25) is 0 Å². The number of nitrogens with one attached hydrogen (secondary N) is 1. The number of likely N-dealkylation sites (N-methyl/N-ethyl adjacent to an activating group) is 1. The van der Waals surface area contributed by atoms with E-state index in [4.69, 9.17) is 9.47 Å². The fourth-order valence-electron chi connectivity index (χ4n) is 3.87. The van der Waals surface area contributed by atoms with Gasteiger partial charge in [-0.25, -0.2) is 4.79 Å². The maximum absolute atomic E-state index is 13.4. The van der Waals surface area contributed by atoms with Gasteiger partial charge in [0.2, 0.25) is 0 Å². The van der Waals surface area contributed by atoms with Gasteiger partial charge in [0, 0.05) is 6.42 Å². The standard InChI is InChI=1S/C22H36N2O4/c1-8-13-19(24(9-2,10-3)11-4)21(25)23-20-16(6)14-17(27-7)15-18(20)22(26)28-12-5/h14-15,19H,8-13H2,1-7H3/p+1. The van der Waals surface area contributed by atoms with Gasteiger partial charge in [-0.2, -0.15) is 0 Å². The van der Waals surface area contributed by atoms with Crippen molar-refractivity contribution in [3.63, 3.8) is 0 Å². The summed E-state index contributed by atoms with van der Waals surface area (Å²) in [5.41, 5.74) is 1.60. The third kappa shape index (κ3) is 5.25. The molecule has 1 unspecified atom stereocenters. The Kier molecular flexibility index (Phi) is 9.46. The van der Waals surface area contributed by atoms with Crippen molar-refractivity contribution in [3.8, 4) is 5.75 Å². The molecule has 0 saturated carbocycles. The molecule has 6 nitrogen and oxygen atoms in total. The molecule has 1 N–H and O–H groups in total. The van der Waals surface area contributed by atoms with Gasteiger partial charge in [-0.15, -0.1) is 0 Å². The molecule has 0 fully saturated rings. The van der Waals surface area contributed by atoms with Gasteiger partial charge in [-0.3, -0.25) is 4.79 Å². The molecule has 28 heavy (non-hydrogen) atoms. The molecule has 0 heterocycles. The van der Waals surface area contributed by atoms with E-state index in [9.17, 15) is 9.59 Å². The van der Waals surface area contributed by atoms with Crippen molar-refractivity contribution in [3.05, 3.63) is 23.3 Å². The molecular formula is C22H37N2O4+. The van der Waals surface area contributed by atoms with Crippen LogP contribution in [-0.2, 0) is 9.53 Å². The number of nitrogens with zero attached hydrogens (tertiary/aromatic N) is 1. The third-order valence-electron chi connectivity index (χ3n) is 5.70. The van der Waals surface area contributed by atoms with Crippen LogP contribution in [0.25, 0.3) is 0 Å². The Morgan fingerprint density at radius 3 is 2.14 bits per heavy atom. The van der Waals surface area contributed by atoms with Gasteiger partial charge in [0.1, 0.15) is 5.75 Å². The number of aryl methyl sites for hydroxylation is 1. The molecule has 0 radical (unpaired) electrons. The van der Waals surface area contributed by atoms with E-state index >= 15 is 0 Å². The first-order valence-corrected chi connectivity index (χ1v) is 10.4. The lowest BCUT2D eigenvalue weighted by Crippen LogP contribution is -2.59. The molecule has 1 aromatic carbocycles. The summed E-state index contributed by atoms with van der Waals surface area (Å²) >= 11 is 0. The van der Waals surface area contributed by atoms with Crippen LogP contribution in [-0.4, -0.2) is 55.8 Å². The summed E-state index contributed by atoms with van der Waals surface area (Å²) in [6, 6.07) is 3.27. The van der Waals surface area contributed by atoms with Gasteiger partial charge in [0.25, 0.3) is 5.91 Å². The van der Waals surface area contributed by atoms with Gasteiger partial charge in [0.05, 0.1) is 44.6 Å². The van der Waals surface area contributed by atoms with E-state index in [2.05, 4.69) is 33.0 Å². The number of amides is 1. The third-order valence-corrected chi connectivity index (χ3v) is 5.70. The first-order valence-electron chi connectivity index (χ1n) is 10.4. The summed E-state index contributed by atoms with van der Waals surface area (Å²) < 4.78 is 11.2. The quantitative estimate of drug-likeness (QED) is 0.453. The second-order valence-corrected chi connectivity index (χ2v) is 7.05. The molecule has 0 aliphatic heterocycles. The van der Waals surface area contributed by atoms with Crippen LogP contribution in [0, 0.1) is 6.92 Å². The second-order valence-electron chi connectivity index (χ2n) is 7.05. The molecule has 1 rings (SSSR count). The lowest BCUT2D eigenvalue weighted by molar-refractivity contribution is -0.938. The SMILES string of the molecule is CCCC(C(=O)Nc1c(C)cc(OC)cc1C(=O)OCC)[N+](CC)(CC)CC. The number of benzene rings is 1. The van der Waals surface area contributed by atoms with Crippen molar-refractivity contribution in [1.29, 1.82) is 0 Å². The van der Waals surface area contributed by atoms with Gasteiger partial charge < -0.3 is 19.3 Å². The molecular weight excluding hydrogens is 356 g/mol. The van der Waals surface area contributed by atoms with Gasteiger partial charge in [-0.05, 0) is 58.7 Å². The highest BCUT2D eigenvalue weighted by atomic mass is 16.5. The van der Waals surface area contributed by atoms with Crippen molar-refractivity contribution >= 4 is 17.6 Å². The number of methoxy groups -OCH3 is 1. The number of esters is 1. The second kappa shape index (κ2) is 11.1. The predicted molar refractivity (Wildman–Crippen MR) is 113 cm³/mol. The zero-order valence-electron chi connectivity index (χ0n) is 18.6. The van der Waals surface area contributed by atoms with Crippen molar-refractivity contribution in [2.45, 2.75) is 60.4 Å². The Balaban J connectivity index is 3.36.